The van der Waals surface area contributed by atoms with Crippen LogP contribution in [0.5, 0.6) is 0 Å². The quantitative estimate of drug-likeness (QED) is 0.561. The summed E-state index contributed by atoms with van der Waals surface area (Å²) in [6, 6.07) is 5.89. The molecule has 4 rings (SSSR count). The van der Waals surface area contributed by atoms with Crippen LogP contribution in [-0.2, 0) is 4.79 Å². The molecule has 1 aromatic carbocycles. The third-order valence-corrected chi connectivity index (χ3v) is 6.82. The molecule has 2 aromatic rings. The number of halogens is 2. The molecule has 144 valence electrons. The maximum absolute atomic E-state index is 11.3. The molecule has 4 N–H and O–H groups in total. The van der Waals surface area contributed by atoms with E-state index in [2.05, 4.69) is 31.7 Å². The normalized spacial score (nSPS) is 27.2. The van der Waals surface area contributed by atoms with Gasteiger partial charge in [0.05, 0.1) is 10.4 Å². The number of hydrogen-bond acceptors (Lipinski definition) is 7. The number of aromatic nitrogens is 2. The lowest BCUT2D eigenvalue weighted by Crippen LogP contribution is -2.47. The zero-order valence-electron chi connectivity index (χ0n) is 14.6. The van der Waals surface area contributed by atoms with Gasteiger partial charge in [-0.05, 0) is 31.0 Å². The van der Waals surface area contributed by atoms with Gasteiger partial charge in [-0.3, -0.25) is 15.6 Å². The summed E-state index contributed by atoms with van der Waals surface area (Å²) in [7, 11) is 0. The number of hydrogen-bond donors (Lipinski definition) is 4. The van der Waals surface area contributed by atoms with Crippen LogP contribution in [-0.4, -0.2) is 40.1 Å². The Kier molecular flexibility index (Phi) is 5.52. The summed E-state index contributed by atoms with van der Waals surface area (Å²) in [6.45, 7) is 2.35. The maximum atomic E-state index is 11.3. The number of amides is 1. The smallest absolute Gasteiger partial charge is 0.221 e. The van der Waals surface area contributed by atoms with Gasteiger partial charge in [0.15, 0.2) is 5.01 Å². The van der Waals surface area contributed by atoms with Crippen molar-refractivity contribution in [1.82, 2.24) is 21.0 Å². The molecule has 2 aliphatic rings. The number of rotatable bonds is 4. The number of nitrogens with zero attached hydrogens (tertiary/aromatic N) is 2. The van der Waals surface area contributed by atoms with Gasteiger partial charge in [0.1, 0.15) is 0 Å². The van der Waals surface area contributed by atoms with Crippen LogP contribution < -0.4 is 21.5 Å². The Labute approximate surface area is 171 Å². The SMILES string of the molecule is CC(=O)Nc1ccc(Cl)c(-c2nnc(NC3CCC4NNCC4C3Cl)s2)c1. The van der Waals surface area contributed by atoms with Gasteiger partial charge in [-0.2, -0.15) is 0 Å². The highest BCUT2D eigenvalue weighted by molar-refractivity contribution is 7.18. The number of carbonyl (C=O) groups excluding carboxylic acids is 1. The third kappa shape index (κ3) is 4.05. The molecule has 4 unspecified atom stereocenters. The molecule has 2 fully saturated rings. The molecule has 1 aliphatic carbocycles. The van der Waals surface area contributed by atoms with Crippen LogP contribution in [0.1, 0.15) is 19.8 Å². The molecule has 1 amide bonds. The van der Waals surface area contributed by atoms with E-state index in [0.29, 0.717) is 27.7 Å². The maximum Gasteiger partial charge on any atom is 0.221 e. The average molecular weight is 427 g/mol. The number of nitrogens with one attached hydrogen (secondary N) is 4. The van der Waals surface area contributed by atoms with Gasteiger partial charge in [-0.15, -0.1) is 21.8 Å². The molecular formula is C17H20Cl2N6OS. The number of fused-ring (bicyclic) bond motifs is 1. The number of alkyl halides is 1. The van der Waals surface area contributed by atoms with E-state index < -0.39 is 0 Å². The molecule has 10 heteroatoms. The van der Waals surface area contributed by atoms with Crippen LogP contribution in [0, 0.1) is 5.92 Å². The van der Waals surface area contributed by atoms with E-state index in [1.54, 1.807) is 18.2 Å². The lowest BCUT2D eigenvalue weighted by atomic mass is 9.82. The number of carbonyl (C=O) groups is 1. The first kappa shape index (κ1) is 18.9. The molecule has 7 nitrogen and oxygen atoms in total. The van der Waals surface area contributed by atoms with Crippen molar-refractivity contribution in [2.75, 3.05) is 17.2 Å². The second kappa shape index (κ2) is 7.89. The fourth-order valence-electron chi connectivity index (χ4n) is 3.67. The molecular weight excluding hydrogens is 407 g/mol. The minimum absolute atomic E-state index is 0.0188. The summed E-state index contributed by atoms with van der Waals surface area (Å²) in [4.78, 5) is 11.3. The summed E-state index contributed by atoms with van der Waals surface area (Å²) in [5, 5.41) is 16.7. The first-order valence-electron chi connectivity index (χ1n) is 8.81. The Balaban J connectivity index is 1.50. The van der Waals surface area contributed by atoms with Crippen molar-refractivity contribution < 1.29 is 4.79 Å². The second-order valence-corrected chi connectivity index (χ2v) is 8.75. The van der Waals surface area contributed by atoms with Crippen molar-refractivity contribution in [3.8, 4) is 10.6 Å². The van der Waals surface area contributed by atoms with E-state index in [-0.39, 0.29) is 17.3 Å². The molecule has 0 bridgehead atoms. The van der Waals surface area contributed by atoms with Crippen molar-refractivity contribution >= 4 is 51.3 Å². The van der Waals surface area contributed by atoms with Crippen LogP contribution >= 0.6 is 34.5 Å². The second-order valence-electron chi connectivity index (χ2n) is 6.86. The summed E-state index contributed by atoms with van der Waals surface area (Å²) in [5.41, 5.74) is 7.90. The van der Waals surface area contributed by atoms with Crippen LogP contribution in [0.15, 0.2) is 18.2 Å². The van der Waals surface area contributed by atoms with Gasteiger partial charge in [0.2, 0.25) is 11.0 Å². The van der Waals surface area contributed by atoms with Gasteiger partial charge >= 0.3 is 0 Å². The highest BCUT2D eigenvalue weighted by atomic mass is 35.5. The summed E-state index contributed by atoms with van der Waals surface area (Å²) in [5.74, 6) is 0.261. The van der Waals surface area contributed by atoms with Gasteiger partial charge in [0.25, 0.3) is 0 Å². The zero-order chi connectivity index (χ0) is 19.0. The summed E-state index contributed by atoms with van der Waals surface area (Å²) >= 11 is 14.5. The van der Waals surface area contributed by atoms with Crippen LogP contribution in [0.25, 0.3) is 10.6 Å². The summed E-state index contributed by atoms with van der Waals surface area (Å²) in [6.07, 6.45) is 2.03. The number of benzene rings is 1. The van der Waals surface area contributed by atoms with Crippen molar-refractivity contribution in [2.45, 2.75) is 37.2 Å². The molecule has 1 aliphatic heterocycles. The van der Waals surface area contributed by atoms with E-state index >= 15 is 0 Å². The molecule has 27 heavy (non-hydrogen) atoms. The molecule has 1 saturated heterocycles. The number of anilines is 2. The molecule has 4 atom stereocenters. The highest BCUT2D eigenvalue weighted by Gasteiger charge is 2.41. The Morgan fingerprint density at radius 2 is 2.19 bits per heavy atom. The minimum Gasteiger partial charge on any atom is -0.356 e. The fraction of sp³-hybridized carbons (Fsp3) is 0.471. The van der Waals surface area contributed by atoms with Crippen molar-refractivity contribution in [3.63, 3.8) is 0 Å². The summed E-state index contributed by atoms with van der Waals surface area (Å²) < 4.78 is 0. The molecule has 1 aromatic heterocycles. The van der Waals surface area contributed by atoms with Crippen LogP contribution in [0.4, 0.5) is 10.8 Å². The van der Waals surface area contributed by atoms with Gasteiger partial charge in [-0.1, -0.05) is 22.9 Å². The van der Waals surface area contributed by atoms with Crippen molar-refractivity contribution in [2.24, 2.45) is 5.92 Å². The monoisotopic (exact) mass is 426 g/mol. The molecule has 1 saturated carbocycles. The van der Waals surface area contributed by atoms with E-state index in [1.807, 2.05) is 0 Å². The van der Waals surface area contributed by atoms with E-state index in [4.69, 9.17) is 23.2 Å². The Bertz CT molecular complexity index is 847. The van der Waals surface area contributed by atoms with Crippen molar-refractivity contribution in [1.29, 1.82) is 0 Å². The standard InChI is InChI=1S/C17H20Cl2N6OS/c1-8(26)21-9-2-3-12(18)10(6-9)16-24-25-17(27-16)22-14-5-4-13-11(15(14)19)7-20-23-13/h2-3,6,11,13-15,20,23H,4-5,7H2,1H3,(H,21,26)(H,22,25). The largest absolute Gasteiger partial charge is 0.356 e. The first-order valence-corrected chi connectivity index (χ1v) is 10.4. The van der Waals surface area contributed by atoms with E-state index in [1.165, 1.54) is 18.3 Å². The predicted molar refractivity (Wildman–Crippen MR) is 109 cm³/mol. The first-order chi connectivity index (χ1) is 13.0. The highest BCUT2D eigenvalue weighted by Crippen LogP contribution is 2.36. The Morgan fingerprint density at radius 3 is 3.00 bits per heavy atom. The average Bonchev–Trinajstić information content (AvgIpc) is 3.28. The topological polar surface area (TPSA) is 91.0 Å². The van der Waals surface area contributed by atoms with Gasteiger partial charge in [-0.25, -0.2) is 0 Å². The van der Waals surface area contributed by atoms with E-state index in [0.717, 1.165) is 30.1 Å². The fourth-order valence-corrected chi connectivity index (χ4v) is 5.22. The Morgan fingerprint density at radius 1 is 1.33 bits per heavy atom. The van der Waals surface area contributed by atoms with Crippen LogP contribution in [0.3, 0.4) is 0 Å². The third-order valence-electron chi connectivity index (χ3n) is 4.98. The Hall–Kier alpha value is -1.45. The molecule has 2 heterocycles. The lowest BCUT2D eigenvalue weighted by molar-refractivity contribution is -0.114. The van der Waals surface area contributed by atoms with Crippen LogP contribution in [0.2, 0.25) is 5.02 Å². The number of hydrazine groups is 1. The van der Waals surface area contributed by atoms with E-state index in [9.17, 15) is 4.79 Å². The van der Waals surface area contributed by atoms with Crippen molar-refractivity contribution in [3.05, 3.63) is 23.2 Å². The van der Waals surface area contributed by atoms with Gasteiger partial charge in [0, 0.05) is 42.7 Å². The molecule has 0 spiro atoms. The zero-order valence-corrected chi connectivity index (χ0v) is 17.0. The van der Waals surface area contributed by atoms with Gasteiger partial charge < -0.3 is 10.6 Å². The minimum atomic E-state index is -0.137. The molecule has 0 radical (unpaired) electrons. The lowest BCUT2D eigenvalue weighted by Gasteiger charge is -2.35. The predicted octanol–water partition coefficient (Wildman–Crippen LogP) is 3.09.